The zero-order chi connectivity index (χ0) is 24.2. The first kappa shape index (κ1) is 23.3. The van der Waals surface area contributed by atoms with Crippen molar-refractivity contribution in [3.63, 3.8) is 0 Å². The molecule has 1 unspecified atom stereocenters. The van der Waals surface area contributed by atoms with Crippen molar-refractivity contribution in [2.24, 2.45) is 0 Å². The number of amides is 2. The van der Waals surface area contributed by atoms with E-state index in [-0.39, 0.29) is 30.5 Å². The van der Waals surface area contributed by atoms with Crippen LogP contribution in [-0.4, -0.2) is 83.0 Å². The van der Waals surface area contributed by atoms with Gasteiger partial charge in [0.1, 0.15) is 0 Å². The van der Waals surface area contributed by atoms with Crippen molar-refractivity contribution in [1.82, 2.24) is 14.7 Å². The van der Waals surface area contributed by atoms with Gasteiger partial charge in [0.05, 0.1) is 12.6 Å². The zero-order valence-electron chi connectivity index (χ0n) is 19.8. The van der Waals surface area contributed by atoms with Crippen LogP contribution in [0.25, 0.3) is 0 Å². The van der Waals surface area contributed by atoms with Crippen LogP contribution in [-0.2, 0) is 6.42 Å². The number of benzene rings is 3. The normalized spacial score (nSPS) is 18.8. The summed E-state index contributed by atoms with van der Waals surface area (Å²) in [6, 6.07) is 27.6. The fourth-order valence-corrected chi connectivity index (χ4v) is 5.07. The molecule has 35 heavy (non-hydrogen) atoms. The lowest BCUT2D eigenvalue weighted by Crippen LogP contribution is -2.68. The number of carbonyl (C=O) groups excluding carboxylic acids is 2. The van der Waals surface area contributed by atoms with Crippen LogP contribution in [0.5, 0.6) is 0 Å². The first-order chi connectivity index (χ1) is 17.1. The van der Waals surface area contributed by atoms with Gasteiger partial charge in [0, 0.05) is 49.9 Å². The topological polar surface area (TPSA) is 64.1 Å². The minimum absolute atomic E-state index is 0.00447. The first-order valence-electron chi connectivity index (χ1n) is 12.3. The number of aliphatic hydroxyl groups excluding tert-OH is 1. The maximum Gasteiger partial charge on any atom is 0.253 e. The second kappa shape index (κ2) is 10.4. The van der Waals surface area contributed by atoms with E-state index in [4.69, 9.17) is 0 Å². The monoisotopic (exact) mass is 469 g/mol. The van der Waals surface area contributed by atoms with Crippen LogP contribution in [0.3, 0.4) is 0 Å². The number of rotatable bonds is 6. The molecule has 1 atom stereocenters. The van der Waals surface area contributed by atoms with E-state index < -0.39 is 0 Å². The Balaban J connectivity index is 1.14. The van der Waals surface area contributed by atoms with Gasteiger partial charge in [0.15, 0.2) is 0 Å². The number of aliphatic hydroxyl groups is 1. The molecule has 6 heteroatoms. The average Bonchev–Trinajstić information content (AvgIpc) is 2.89. The minimum atomic E-state index is -0.115. The molecule has 2 fully saturated rings. The number of hydrogen-bond acceptors (Lipinski definition) is 4. The van der Waals surface area contributed by atoms with E-state index in [1.165, 1.54) is 11.1 Å². The molecule has 180 valence electrons. The average molecular weight is 470 g/mol. The van der Waals surface area contributed by atoms with Gasteiger partial charge in [0.25, 0.3) is 11.8 Å². The van der Waals surface area contributed by atoms with Crippen molar-refractivity contribution >= 4 is 11.8 Å². The second-order valence-corrected chi connectivity index (χ2v) is 9.41. The molecule has 2 aliphatic heterocycles. The number of likely N-dealkylation sites (tertiary alicyclic amines) is 1. The number of carbonyl (C=O) groups is 2. The molecular formula is C29H31N3O3. The Morgan fingerprint density at radius 1 is 0.686 bits per heavy atom. The Morgan fingerprint density at radius 2 is 1.26 bits per heavy atom. The molecule has 3 aromatic rings. The van der Waals surface area contributed by atoms with E-state index in [9.17, 15) is 14.7 Å². The van der Waals surface area contributed by atoms with Gasteiger partial charge in [-0.15, -0.1) is 0 Å². The smallest absolute Gasteiger partial charge is 0.253 e. The molecule has 3 aromatic carbocycles. The van der Waals surface area contributed by atoms with E-state index in [0.29, 0.717) is 43.9 Å². The van der Waals surface area contributed by atoms with Crippen LogP contribution < -0.4 is 0 Å². The summed E-state index contributed by atoms with van der Waals surface area (Å²) in [5.74, 6) is 0.0516. The highest BCUT2D eigenvalue weighted by Gasteiger charge is 2.40. The van der Waals surface area contributed by atoms with Crippen LogP contribution in [0.4, 0.5) is 0 Å². The fraction of sp³-hybridized carbons (Fsp3) is 0.310. The van der Waals surface area contributed by atoms with Gasteiger partial charge in [-0.05, 0) is 41.8 Å². The lowest BCUT2D eigenvalue weighted by molar-refractivity contribution is -0.0314. The molecule has 2 amide bonds. The van der Waals surface area contributed by atoms with E-state index in [2.05, 4.69) is 17.0 Å². The fourth-order valence-electron chi connectivity index (χ4n) is 5.07. The second-order valence-electron chi connectivity index (χ2n) is 9.41. The summed E-state index contributed by atoms with van der Waals surface area (Å²) in [7, 11) is 0. The molecule has 0 saturated carbocycles. The van der Waals surface area contributed by atoms with Crippen LogP contribution in [0.2, 0.25) is 0 Å². The lowest BCUT2D eigenvalue weighted by Gasteiger charge is -2.51. The number of nitrogens with zero attached hydrogens (tertiary/aromatic N) is 3. The van der Waals surface area contributed by atoms with Gasteiger partial charge in [0.2, 0.25) is 0 Å². The maximum absolute atomic E-state index is 13.0. The summed E-state index contributed by atoms with van der Waals surface area (Å²) in [4.78, 5) is 31.8. The van der Waals surface area contributed by atoms with Crippen molar-refractivity contribution in [3.8, 4) is 0 Å². The Kier molecular flexibility index (Phi) is 6.93. The standard InChI is InChI=1S/C29H31N3O3/c33-21-27-20-30(28(34)24-9-5-2-6-10-24)15-16-32(27)26-18-31(19-26)29(35)25-13-11-23(12-14-25)17-22-7-3-1-4-8-22/h1-14,26-27,33H,15-21H2. The van der Waals surface area contributed by atoms with Gasteiger partial charge in [-0.3, -0.25) is 14.5 Å². The van der Waals surface area contributed by atoms with Crippen LogP contribution in [0.1, 0.15) is 31.8 Å². The highest BCUT2D eigenvalue weighted by Crippen LogP contribution is 2.24. The molecule has 6 nitrogen and oxygen atoms in total. The molecule has 5 rings (SSSR count). The lowest BCUT2D eigenvalue weighted by atomic mass is 9.99. The summed E-state index contributed by atoms with van der Waals surface area (Å²) in [6.07, 6.45) is 0.850. The van der Waals surface area contributed by atoms with Gasteiger partial charge in [-0.1, -0.05) is 60.7 Å². The molecule has 0 aromatic heterocycles. The van der Waals surface area contributed by atoms with Crippen molar-refractivity contribution in [2.45, 2.75) is 18.5 Å². The summed E-state index contributed by atoms with van der Waals surface area (Å²) < 4.78 is 0. The zero-order valence-corrected chi connectivity index (χ0v) is 19.8. The quantitative estimate of drug-likeness (QED) is 0.603. The molecule has 0 radical (unpaired) electrons. The number of piperazine rings is 1. The van der Waals surface area contributed by atoms with Crippen LogP contribution >= 0.6 is 0 Å². The minimum Gasteiger partial charge on any atom is -0.395 e. The SMILES string of the molecule is O=C(c1ccccc1)N1CCN(C2CN(C(=O)c3ccc(Cc4ccccc4)cc3)C2)C(CO)C1. The summed E-state index contributed by atoms with van der Waals surface area (Å²) in [5, 5.41) is 10.0. The molecular weight excluding hydrogens is 438 g/mol. The molecule has 0 spiro atoms. The van der Waals surface area contributed by atoms with Crippen molar-refractivity contribution in [1.29, 1.82) is 0 Å². The molecule has 0 bridgehead atoms. The largest absolute Gasteiger partial charge is 0.395 e. The van der Waals surface area contributed by atoms with E-state index >= 15 is 0 Å². The maximum atomic E-state index is 13.0. The van der Waals surface area contributed by atoms with E-state index in [1.54, 1.807) is 0 Å². The molecule has 2 saturated heterocycles. The van der Waals surface area contributed by atoms with Gasteiger partial charge in [-0.25, -0.2) is 0 Å². The highest BCUT2D eigenvalue weighted by atomic mass is 16.3. The molecule has 1 N–H and O–H groups in total. The van der Waals surface area contributed by atoms with Gasteiger partial charge < -0.3 is 14.9 Å². The highest BCUT2D eigenvalue weighted by molar-refractivity contribution is 5.95. The molecule has 0 aliphatic carbocycles. The predicted octanol–water partition coefficient (Wildman–Crippen LogP) is 2.92. The van der Waals surface area contributed by atoms with Crippen LogP contribution in [0.15, 0.2) is 84.9 Å². The van der Waals surface area contributed by atoms with Crippen LogP contribution in [0, 0.1) is 0 Å². The Hall–Kier alpha value is -3.48. The summed E-state index contributed by atoms with van der Waals surface area (Å²) >= 11 is 0. The van der Waals surface area contributed by atoms with E-state index in [0.717, 1.165) is 6.42 Å². The Morgan fingerprint density at radius 3 is 1.91 bits per heavy atom. The third-order valence-electron chi connectivity index (χ3n) is 7.12. The first-order valence-corrected chi connectivity index (χ1v) is 12.3. The third-order valence-corrected chi connectivity index (χ3v) is 7.12. The third kappa shape index (κ3) is 5.14. The predicted molar refractivity (Wildman–Crippen MR) is 135 cm³/mol. The number of hydrogen-bond donors (Lipinski definition) is 1. The van der Waals surface area contributed by atoms with Crippen molar-refractivity contribution in [3.05, 3.63) is 107 Å². The molecule has 2 heterocycles. The molecule has 2 aliphatic rings. The summed E-state index contributed by atoms with van der Waals surface area (Å²) in [5.41, 5.74) is 3.81. The van der Waals surface area contributed by atoms with E-state index in [1.807, 2.05) is 82.6 Å². The van der Waals surface area contributed by atoms with Crippen molar-refractivity contribution < 1.29 is 14.7 Å². The van der Waals surface area contributed by atoms with Gasteiger partial charge >= 0.3 is 0 Å². The Bertz CT molecular complexity index is 1140. The van der Waals surface area contributed by atoms with Gasteiger partial charge in [-0.2, -0.15) is 0 Å². The summed E-state index contributed by atoms with van der Waals surface area (Å²) in [6.45, 7) is 3.10. The Labute approximate surface area is 206 Å². The van der Waals surface area contributed by atoms with Crippen molar-refractivity contribution in [2.75, 3.05) is 39.3 Å².